The molecule has 1 aliphatic rings. The van der Waals surface area contributed by atoms with Crippen LogP contribution in [-0.2, 0) is 12.8 Å². The minimum atomic E-state index is -0.275. The van der Waals surface area contributed by atoms with Gasteiger partial charge in [-0.2, -0.15) is 0 Å². The maximum Gasteiger partial charge on any atom is 0.0707 e. The van der Waals surface area contributed by atoms with E-state index in [9.17, 15) is 5.11 Å². The Labute approximate surface area is 145 Å². The van der Waals surface area contributed by atoms with E-state index in [1.807, 2.05) is 18.2 Å². The van der Waals surface area contributed by atoms with Gasteiger partial charge in [0.1, 0.15) is 0 Å². The monoisotopic (exact) mass is 324 g/mol. The van der Waals surface area contributed by atoms with Gasteiger partial charge in [0.2, 0.25) is 0 Å². The van der Waals surface area contributed by atoms with Crippen LogP contribution in [0, 0.1) is 0 Å². The molecule has 1 N–H and O–H groups in total. The van der Waals surface area contributed by atoms with Gasteiger partial charge in [0.25, 0.3) is 0 Å². The van der Waals surface area contributed by atoms with Crippen LogP contribution in [0.3, 0.4) is 0 Å². The fraction of sp³-hybridized carbons (Fsp3) is 0.429. The van der Waals surface area contributed by atoms with Crippen LogP contribution in [0.2, 0.25) is 0 Å². The minimum Gasteiger partial charge on any atom is -0.391 e. The smallest absolute Gasteiger partial charge is 0.0707 e. The lowest BCUT2D eigenvalue weighted by molar-refractivity contribution is 0.0733. The first kappa shape index (κ1) is 17.2. The summed E-state index contributed by atoms with van der Waals surface area (Å²) in [5.74, 6) is 0. The highest BCUT2D eigenvalue weighted by Gasteiger charge is 2.19. The molecule has 0 amide bonds. The SMILES string of the molecule is OC(Cc1ccccc1)CN1CCN(CCc2ccccc2)CC1. The Morgan fingerprint density at radius 1 is 0.750 bits per heavy atom. The number of hydrogen-bond donors (Lipinski definition) is 1. The number of piperazine rings is 1. The highest BCUT2D eigenvalue weighted by atomic mass is 16.3. The standard InChI is InChI=1S/C21H28N2O/c24-21(17-20-9-5-2-6-10-20)18-23-15-13-22(14-16-23)12-11-19-7-3-1-4-8-19/h1-10,21,24H,11-18H2. The molecule has 3 rings (SSSR count). The van der Waals surface area contributed by atoms with Crippen LogP contribution in [0.5, 0.6) is 0 Å². The largest absolute Gasteiger partial charge is 0.391 e. The summed E-state index contributed by atoms with van der Waals surface area (Å²) in [5.41, 5.74) is 2.63. The predicted molar refractivity (Wildman–Crippen MR) is 99.2 cm³/mol. The highest BCUT2D eigenvalue weighted by molar-refractivity contribution is 5.16. The number of aliphatic hydroxyl groups is 1. The number of rotatable bonds is 7. The summed E-state index contributed by atoms with van der Waals surface area (Å²) in [6, 6.07) is 21.0. The van der Waals surface area contributed by atoms with Crippen molar-refractivity contribution in [3.05, 3.63) is 71.8 Å². The van der Waals surface area contributed by atoms with Gasteiger partial charge in [0.15, 0.2) is 0 Å². The molecule has 3 heteroatoms. The normalized spacial score (nSPS) is 17.7. The topological polar surface area (TPSA) is 26.7 Å². The molecular formula is C21H28N2O. The molecule has 2 aromatic carbocycles. The fourth-order valence-corrected chi connectivity index (χ4v) is 3.38. The first-order valence-corrected chi connectivity index (χ1v) is 9.00. The van der Waals surface area contributed by atoms with Gasteiger partial charge in [-0.25, -0.2) is 0 Å². The van der Waals surface area contributed by atoms with Gasteiger partial charge in [-0.15, -0.1) is 0 Å². The van der Waals surface area contributed by atoms with E-state index in [0.29, 0.717) is 0 Å². The van der Waals surface area contributed by atoms with Crippen LogP contribution in [0.4, 0.5) is 0 Å². The van der Waals surface area contributed by atoms with Crippen molar-refractivity contribution in [2.75, 3.05) is 39.3 Å². The van der Waals surface area contributed by atoms with Crippen LogP contribution in [0.15, 0.2) is 60.7 Å². The van der Waals surface area contributed by atoms with E-state index < -0.39 is 0 Å². The number of benzene rings is 2. The first-order valence-electron chi connectivity index (χ1n) is 9.00. The lowest BCUT2D eigenvalue weighted by Gasteiger charge is -2.35. The molecule has 1 atom stereocenters. The van der Waals surface area contributed by atoms with Crippen molar-refractivity contribution >= 4 is 0 Å². The Morgan fingerprint density at radius 3 is 1.92 bits per heavy atom. The van der Waals surface area contributed by atoms with Gasteiger partial charge in [-0.3, -0.25) is 4.90 Å². The summed E-state index contributed by atoms with van der Waals surface area (Å²) in [6.07, 6.45) is 1.59. The number of hydrogen-bond acceptors (Lipinski definition) is 3. The fourth-order valence-electron chi connectivity index (χ4n) is 3.38. The second kappa shape index (κ2) is 8.97. The molecule has 1 heterocycles. The number of β-amino-alcohol motifs (C(OH)–C–C–N with tert-alkyl or cyclic N) is 1. The average molecular weight is 324 g/mol. The zero-order valence-corrected chi connectivity index (χ0v) is 14.3. The van der Waals surface area contributed by atoms with Crippen molar-refractivity contribution < 1.29 is 5.11 Å². The van der Waals surface area contributed by atoms with Gasteiger partial charge in [0.05, 0.1) is 6.10 Å². The summed E-state index contributed by atoms with van der Waals surface area (Å²) in [4.78, 5) is 4.93. The molecule has 0 radical (unpaired) electrons. The van der Waals surface area contributed by atoms with Crippen LogP contribution in [0.25, 0.3) is 0 Å². The lowest BCUT2D eigenvalue weighted by Crippen LogP contribution is -2.49. The molecule has 1 aliphatic heterocycles. The zero-order chi connectivity index (χ0) is 16.6. The summed E-state index contributed by atoms with van der Waals surface area (Å²) >= 11 is 0. The Hall–Kier alpha value is -1.68. The minimum absolute atomic E-state index is 0.275. The van der Waals surface area contributed by atoms with Crippen LogP contribution >= 0.6 is 0 Å². The van der Waals surface area contributed by atoms with E-state index in [1.54, 1.807) is 0 Å². The molecule has 2 aromatic rings. The zero-order valence-electron chi connectivity index (χ0n) is 14.3. The Balaban J connectivity index is 1.36. The predicted octanol–water partition coefficient (Wildman–Crippen LogP) is 2.45. The molecule has 0 spiro atoms. The maximum absolute atomic E-state index is 10.3. The molecule has 0 bridgehead atoms. The molecular weight excluding hydrogens is 296 g/mol. The molecule has 1 unspecified atom stereocenters. The van der Waals surface area contributed by atoms with E-state index in [0.717, 1.165) is 52.1 Å². The van der Waals surface area contributed by atoms with Gasteiger partial charge in [-0.1, -0.05) is 60.7 Å². The lowest BCUT2D eigenvalue weighted by atomic mass is 10.1. The third-order valence-corrected chi connectivity index (χ3v) is 4.81. The number of nitrogens with zero attached hydrogens (tertiary/aromatic N) is 2. The van der Waals surface area contributed by atoms with E-state index in [1.165, 1.54) is 11.1 Å². The van der Waals surface area contributed by atoms with E-state index in [2.05, 4.69) is 52.3 Å². The molecule has 0 aromatic heterocycles. The Morgan fingerprint density at radius 2 is 1.29 bits per heavy atom. The molecule has 0 saturated carbocycles. The second-order valence-electron chi connectivity index (χ2n) is 6.72. The summed E-state index contributed by atoms with van der Waals surface area (Å²) < 4.78 is 0. The van der Waals surface area contributed by atoms with Crippen LogP contribution in [-0.4, -0.2) is 60.3 Å². The summed E-state index contributed by atoms with van der Waals surface area (Å²) in [5, 5.41) is 10.3. The van der Waals surface area contributed by atoms with Gasteiger partial charge >= 0.3 is 0 Å². The Kier molecular flexibility index (Phi) is 6.41. The van der Waals surface area contributed by atoms with Crippen molar-refractivity contribution in [3.63, 3.8) is 0 Å². The average Bonchev–Trinajstić information content (AvgIpc) is 2.63. The second-order valence-corrected chi connectivity index (χ2v) is 6.72. The van der Waals surface area contributed by atoms with Crippen LogP contribution in [0.1, 0.15) is 11.1 Å². The first-order chi connectivity index (χ1) is 11.8. The third kappa shape index (κ3) is 5.45. The molecule has 3 nitrogen and oxygen atoms in total. The summed E-state index contributed by atoms with van der Waals surface area (Å²) in [7, 11) is 0. The molecule has 1 saturated heterocycles. The van der Waals surface area contributed by atoms with Crippen molar-refractivity contribution in [1.29, 1.82) is 0 Å². The van der Waals surface area contributed by atoms with Crippen LogP contribution < -0.4 is 0 Å². The summed E-state index contributed by atoms with van der Waals surface area (Å²) in [6.45, 7) is 6.23. The molecule has 24 heavy (non-hydrogen) atoms. The maximum atomic E-state index is 10.3. The van der Waals surface area contributed by atoms with E-state index >= 15 is 0 Å². The molecule has 1 fully saturated rings. The van der Waals surface area contributed by atoms with Crippen molar-refractivity contribution in [3.8, 4) is 0 Å². The third-order valence-electron chi connectivity index (χ3n) is 4.81. The quantitative estimate of drug-likeness (QED) is 0.847. The van der Waals surface area contributed by atoms with E-state index in [-0.39, 0.29) is 6.10 Å². The van der Waals surface area contributed by atoms with Crippen molar-refractivity contribution in [1.82, 2.24) is 9.80 Å². The van der Waals surface area contributed by atoms with Gasteiger partial charge in [-0.05, 0) is 24.0 Å². The molecule has 0 aliphatic carbocycles. The van der Waals surface area contributed by atoms with Gasteiger partial charge < -0.3 is 10.0 Å². The van der Waals surface area contributed by atoms with Gasteiger partial charge in [0, 0.05) is 39.3 Å². The van der Waals surface area contributed by atoms with Crippen molar-refractivity contribution in [2.45, 2.75) is 18.9 Å². The number of aliphatic hydroxyl groups excluding tert-OH is 1. The Bertz CT molecular complexity index is 579. The molecule has 128 valence electrons. The van der Waals surface area contributed by atoms with Crippen molar-refractivity contribution in [2.24, 2.45) is 0 Å². The van der Waals surface area contributed by atoms with E-state index in [4.69, 9.17) is 0 Å². The highest BCUT2D eigenvalue weighted by Crippen LogP contribution is 2.08.